The molecule has 0 aliphatic rings. The molecule has 0 atom stereocenters. The van der Waals surface area contributed by atoms with E-state index in [-0.39, 0.29) is 5.91 Å². The minimum atomic E-state index is -0.0336. The molecule has 5 nitrogen and oxygen atoms in total. The van der Waals surface area contributed by atoms with Gasteiger partial charge in [-0.3, -0.25) is 9.48 Å². The number of rotatable bonds is 6. The molecule has 0 radical (unpaired) electrons. The van der Waals surface area contributed by atoms with Crippen molar-refractivity contribution >= 4 is 12.0 Å². The zero-order valence-electron chi connectivity index (χ0n) is 12.2. The number of nitrogens with one attached hydrogen (secondary N) is 1. The molecule has 5 heteroatoms. The lowest BCUT2D eigenvalue weighted by molar-refractivity contribution is -0.118. The van der Waals surface area contributed by atoms with Crippen molar-refractivity contribution in [3.05, 3.63) is 53.9 Å². The lowest BCUT2D eigenvalue weighted by Gasteiger charge is -2.09. The van der Waals surface area contributed by atoms with Gasteiger partial charge >= 0.3 is 0 Å². The molecule has 1 amide bonds. The van der Waals surface area contributed by atoms with Crippen molar-refractivity contribution in [2.75, 3.05) is 13.7 Å². The summed E-state index contributed by atoms with van der Waals surface area (Å²) in [5.41, 5.74) is 2.12. The smallest absolute Gasteiger partial charge is 0.217 e. The number of carbonyl (C=O) groups is 1. The highest BCUT2D eigenvalue weighted by Gasteiger charge is 2.04. The van der Waals surface area contributed by atoms with E-state index in [1.165, 1.54) is 6.92 Å². The molecule has 0 saturated carbocycles. The van der Waals surface area contributed by atoms with Crippen LogP contribution < -0.4 is 10.1 Å². The fourth-order valence-corrected chi connectivity index (χ4v) is 1.99. The van der Waals surface area contributed by atoms with Crippen molar-refractivity contribution in [2.24, 2.45) is 0 Å². The number of carbonyl (C=O) groups excluding carboxylic acids is 1. The van der Waals surface area contributed by atoms with E-state index in [0.29, 0.717) is 13.1 Å². The monoisotopic (exact) mass is 285 g/mol. The van der Waals surface area contributed by atoms with E-state index in [4.69, 9.17) is 4.74 Å². The van der Waals surface area contributed by atoms with Gasteiger partial charge in [0.05, 0.1) is 13.7 Å². The fraction of sp³-hybridized carbons (Fsp3) is 0.250. The maximum absolute atomic E-state index is 10.8. The summed E-state index contributed by atoms with van der Waals surface area (Å²) in [6.07, 6.45) is 7.56. The zero-order chi connectivity index (χ0) is 15.1. The Morgan fingerprint density at radius 2 is 2.33 bits per heavy atom. The van der Waals surface area contributed by atoms with Gasteiger partial charge in [0.15, 0.2) is 0 Å². The van der Waals surface area contributed by atoms with Gasteiger partial charge < -0.3 is 10.1 Å². The predicted octanol–water partition coefficient (Wildman–Crippen LogP) is 2.09. The van der Waals surface area contributed by atoms with Gasteiger partial charge in [-0.2, -0.15) is 5.10 Å². The molecule has 0 fully saturated rings. The third-order valence-electron chi connectivity index (χ3n) is 2.98. The molecule has 1 heterocycles. The Balaban J connectivity index is 2.11. The number of benzene rings is 1. The third-order valence-corrected chi connectivity index (χ3v) is 2.98. The molecule has 0 bridgehead atoms. The molecule has 0 unspecified atom stereocenters. The molecule has 1 aromatic heterocycles. The second-order valence-electron chi connectivity index (χ2n) is 4.61. The summed E-state index contributed by atoms with van der Waals surface area (Å²) >= 11 is 0. The van der Waals surface area contributed by atoms with Crippen LogP contribution in [0.1, 0.15) is 18.1 Å². The fourth-order valence-electron chi connectivity index (χ4n) is 1.99. The standard InChI is InChI=1S/C16H19N3O2/c1-13(20)17-8-3-5-14-6-7-16(21-2)15(11-14)12-19-10-4-9-18-19/h3-7,9-11H,8,12H2,1-2H3,(H,17,20). The number of hydrogen-bond acceptors (Lipinski definition) is 3. The molecule has 0 aliphatic carbocycles. The van der Waals surface area contributed by atoms with Crippen LogP contribution in [0.3, 0.4) is 0 Å². The first-order chi connectivity index (χ1) is 10.2. The first-order valence-electron chi connectivity index (χ1n) is 6.74. The number of amides is 1. The summed E-state index contributed by atoms with van der Waals surface area (Å²) in [5, 5.41) is 6.93. The van der Waals surface area contributed by atoms with E-state index >= 15 is 0 Å². The molecule has 0 saturated heterocycles. The highest BCUT2D eigenvalue weighted by Crippen LogP contribution is 2.21. The second kappa shape index (κ2) is 7.28. The topological polar surface area (TPSA) is 56.1 Å². The Kier molecular flexibility index (Phi) is 5.15. The number of nitrogens with zero attached hydrogens (tertiary/aromatic N) is 2. The Hall–Kier alpha value is -2.56. The van der Waals surface area contributed by atoms with Crippen LogP contribution in [0.4, 0.5) is 0 Å². The van der Waals surface area contributed by atoms with Crippen molar-refractivity contribution in [3.8, 4) is 5.75 Å². The molecule has 21 heavy (non-hydrogen) atoms. The van der Waals surface area contributed by atoms with E-state index in [1.807, 2.05) is 41.2 Å². The van der Waals surface area contributed by atoms with Crippen LogP contribution >= 0.6 is 0 Å². The van der Waals surface area contributed by atoms with Gasteiger partial charge in [-0.05, 0) is 23.8 Å². The van der Waals surface area contributed by atoms with Crippen LogP contribution in [0, 0.1) is 0 Å². The zero-order valence-corrected chi connectivity index (χ0v) is 12.2. The van der Waals surface area contributed by atoms with Crippen LogP contribution in [0.15, 0.2) is 42.7 Å². The first kappa shape index (κ1) is 14.8. The molecular formula is C16H19N3O2. The average molecular weight is 285 g/mol. The van der Waals surface area contributed by atoms with Gasteiger partial charge in [0.2, 0.25) is 5.91 Å². The Bertz CT molecular complexity index is 618. The largest absolute Gasteiger partial charge is 0.496 e. The van der Waals surface area contributed by atoms with Crippen LogP contribution in [-0.2, 0) is 11.3 Å². The molecule has 2 rings (SSSR count). The summed E-state index contributed by atoms with van der Waals surface area (Å²) in [6, 6.07) is 7.88. The van der Waals surface area contributed by atoms with E-state index in [9.17, 15) is 4.79 Å². The van der Waals surface area contributed by atoms with E-state index in [1.54, 1.807) is 13.3 Å². The van der Waals surface area contributed by atoms with E-state index in [0.717, 1.165) is 16.9 Å². The van der Waals surface area contributed by atoms with Crippen LogP contribution in [0.25, 0.3) is 6.08 Å². The van der Waals surface area contributed by atoms with Gasteiger partial charge in [0.1, 0.15) is 5.75 Å². The quantitative estimate of drug-likeness (QED) is 0.884. The van der Waals surface area contributed by atoms with Gasteiger partial charge in [-0.25, -0.2) is 0 Å². The lowest BCUT2D eigenvalue weighted by atomic mass is 10.1. The summed E-state index contributed by atoms with van der Waals surface area (Å²) in [7, 11) is 1.66. The van der Waals surface area contributed by atoms with Gasteiger partial charge in [-0.1, -0.05) is 18.2 Å². The summed E-state index contributed by atoms with van der Waals surface area (Å²) in [5.74, 6) is 0.804. The van der Waals surface area contributed by atoms with Crippen molar-refractivity contribution < 1.29 is 9.53 Å². The van der Waals surface area contributed by atoms with Gasteiger partial charge in [0.25, 0.3) is 0 Å². The predicted molar refractivity (Wildman–Crippen MR) is 82.0 cm³/mol. The van der Waals surface area contributed by atoms with Crippen molar-refractivity contribution in [1.29, 1.82) is 0 Å². The Morgan fingerprint density at radius 3 is 3.00 bits per heavy atom. The van der Waals surface area contributed by atoms with Crippen LogP contribution in [0.5, 0.6) is 5.75 Å². The third kappa shape index (κ3) is 4.49. The minimum Gasteiger partial charge on any atom is -0.496 e. The average Bonchev–Trinajstić information content (AvgIpc) is 2.97. The lowest BCUT2D eigenvalue weighted by Crippen LogP contribution is -2.19. The highest BCUT2D eigenvalue weighted by molar-refractivity contribution is 5.73. The maximum Gasteiger partial charge on any atom is 0.217 e. The normalized spacial score (nSPS) is 10.8. The number of ether oxygens (including phenoxy) is 1. The van der Waals surface area contributed by atoms with Gasteiger partial charge in [-0.15, -0.1) is 0 Å². The summed E-state index contributed by atoms with van der Waals surface area (Å²) in [4.78, 5) is 10.8. The summed E-state index contributed by atoms with van der Waals surface area (Å²) < 4.78 is 7.23. The SMILES string of the molecule is COc1ccc(C=CCNC(C)=O)cc1Cn1cccn1. The Labute approximate surface area is 124 Å². The van der Waals surface area contributed by atoms with Gasteiger partial charge in [0, 0.05) is 31.4 Å². The molecule has 1 aromatic carbocycles. The Morgan fingerprint density at radius 1 is 1.48 bits per heavy atom. The summed E-state index contributed by atoms with van der Waals surface area (Å²) in [6.45, 7) is 2.68. The molecule has 0 aliphatic heterocycles. The maximum atomic E-state index is 10.8. The number of hydrogen-bond donors (Lipinski definition) is 1. The number of aromatic nitrogens is 2. The highest BCUT2D eigenvalue weighted by atomic mass is 16.5. The van der Waals surface area contributed by atoms with Crippen molar-refractivity contribution in [3.63, 3.8) is 0 Å². The molecule has 0 spiro atoms. The number of methoxy groups -OCH3 is 1. The van der Waals surface area contributed by atoms with Crippen LogP contribution in [-0.4, -0.2) is 29.3 Å². The van der Waals surface area contributed by atoms with Crippen molar-refractivity contribution in [1.82, 2.24) is 15.1 Å². The van der Waals surface area contributed by atoms with Crippen molar-refractivity contribution in [2.45, 2.75) is 13.5 Å². The van der Waals surface area contributed by atoms with Crippen LogP contribution in [0.2, 0.25) is 0 Å². The molecule has 110 valence electrons. The second-order valence-corrected chi connectivity index (χ2v) is 4.61. The minimum absolute atomic E-state index is 0.0336. The van der Waals surface area contributed by atoms with E-state index < -0.39 is 0 Å². The molecular weight excluding hydrogens is 266 g/mol. The first-order valence-corrected chi connectivity index (χ1v) is 6.74. The molecule has 2 aromatic rings. The van der Waals surface area contributed by atoms with E-state index in [2.05, 4.69) is 16.5 Å². The molecule has 1 N–H and O–H groups in total.